The normalized spacial score (nSPS) is 9.38. The molecule has 0 aliphatic heterocycles. The molecule has 8 heavy (non-hydrogen) atoms. The maximum absolute atomic E-state index is 10.0. The molecule has 1 N–H and O–H groups in total. The van der Waals surface area contributed by atoms with Gasteiger partial charge in [0.15, 0.2) is 0 Å². The number of carboxylic acids is 1. The highest BCUT2D eigenvalue weighted by Gasteiger charge is 2.10. The predicted octanol–water partition coefficient (Wildman–Crippen LogP) is 1.24. The van der Waals surface area contributed by atoms with Crippen molar-refractivity contribution in [1.82, 2.24) is 0 Å². The maximum Gasteiger partial charge on any atom is 0.314 e. The highest BCUT2D eigenvalue weighted by atomic mass is 16.4. The van der Waals surface area contributed by atoms with E-state index < -0.39 is 5.97 Å². The van der Waals surface area contributed by atoms with Crippen LogP contribution in [-0.4, -0.2) is 11.1 Å². The van der Waals surface area contributed by atoms with Gasteiger partial charge in [-0.05, 0) is 13.8 Å². The van der Waals surface area contributed by atoms with Crippen molar-refractivity contribution in [3.63, 3.8) is 0 Å². The molecule has 0 saturated heterocycles. The Hall–Kier alpha value is -0.790. The van der Waals surface area contributed by atoms with E-state index in [1.165, 1.54) is 6.92 Å². The third-order valence-corrected chi connectivity index (χ3v) is 0.961. The molecule has 0 unspecified atom stereocenters. The van der Waals surface area contributed by atoms with Gasteiger partial charge in [-0.15, -0.1) is 0 Å². The van der Waals surface area contributed by atoms with Crippen LogP contribution in [0.15, 0.2) is 12.2 Å². The highest BCUT2D eigenvalue weighted by molar-refractivity contribution is 5.86. The molecule has 1 radical (unpaired) electrons. The van der Waals surface area contributed by atoms with Gasteiger partial charge in [-0.25, -0.2) is 0 Å². The van der Waals surface area contributed by atoms with Gasteiger partial charge in [0.05, 0.1) is 0 Å². The van der Waals surface area contributed by atoms with Crippen LogP contribution in [0.5, 0.6) is 0 Å². The molecule has 2 nitrogen and oxygen atoms in total. The summed E-state index contributed by atoms with van der Waals surface area (Å²) in [5.41, 5.74) is 0.609. The molecular formula is C6H9O2. The summed E-state index contributed by atoms with van der Waals surface area (Å²) in [7, 11) is 0. The van der Waals surface area contributed by atoms with E-state index >= 15 is 0 Å². The van der Waals surface area contributed by atoms with Gasteiger partial charge < -0.3 is 5.11 Å². The summed E-state index contributed by atoms with van der Waals surface area (Å²) in [6, 6.07) is 0. The molecule has 0 aliphatic rings. The lowest BCUT2D eigenvalue weighted by Crippen LogP contribution is -2.06. The van der Waals surface area contributed by atoms with Crippen molar-refractivity contribution in [1.29, 1.82) is 0 Å². The summed E-state index contributed by atoms with van der Waals surface area (Å²) < 4.78 is 0. The second-order valence-electron chi connectivity index (χ2n) is 1.71. The Morgan fingerprint density at radius 1 is 1.50 bits per heavy atom. The average Bonchev–Trinajstić information content (AvgIpc) is 1.64. The van der Waals surface area contributed by atoms with E-state index in [4.69, 9.17) is 5.11 Å². The smallest absolute Gasteiger partial charge is 0.314 e. The van der Waals surface area contributed by atoms with E-state index in [9.17, 15) is 4.79 Å². The lowest BCUT2D eigenvalue weighted by molar-refractivity contribution is -0.134. The van der Waals surface area contributed by atoms with Crippen molar-refractivity contribution >= 4 is 5.97 Å². The van der Waals surface area contributed by atoms with E-state index in [0.717, 1.165) is 0 Å². The first kappa shape index (κ1) is 7.21. The predicted molar refractivity (Wildman–Crippen MR) is 31.4 cm³/mol. The fourth-order valence-corrected chi connectivity index (χ4v) is 0.183. The molecule has 0 bridgehead atoms. The van der Waals surface area contributed by atoms with Crippen LogP contribution in [0.4, 0.5) is 0 Å². The van der Waals surface area contributed by atoms with Crippen molar-refractivity contribution in [2.45, 2.75) is 13.8 Å². The van der Waals surface area contributed by atoms with Crippen LogP contribution in [0.25, 0.3) is 0 Å². The van der Waals surface area contributed by atoms with E-state index in [0.29, 0.717) is 11.5 Å². The fourth-order valence-electron chi connectivity index (χ4n) is 0.183. The molecule has 0 aromatic rings. The Balaban J connectivity index is 3.83. The van der Waals surface area contributed by atoms with Crippen molar-refractivity contribution in [2.24, 2.45) is 0 Å². The largest absolute Gasteiger partial charge is 0.481 e. The minimum Gasteiger partial charge on any atom is -0.481 e. The number of rotatable bonds is 2. The first-order valence-electron chi connectivity index (χ1n) is 2.28. The van der Waals surface area contributed by atoms with E-state index in [-0.39, 0.29) is 0 Å². The number of carboxylic acid groups (broad SMARTS) is 1. The molecule has 2 heteroatoms. The van der Waals surface area contributed by atoms with Crippen LogP contribution in [-0.2, 0) is 4.79 Å². The molecule has 0 amide bonds. The number of hydrogen-bond acceptors (Lipinski definition) is 1. The monoisotopic (exact) mass is 113 g/mol. The topological polar surface area (TPSA) is 37.3 Å². The summed E-state index contributed by atoms with van der Waals surface area (Å²) in [5, 5.41) is 8.25. The zero-order chi connectivity index (χ0) is 6.73. The summed E-state index contributed by atoms with van der Waals surface area (Å²) in [6.45, 7) is 6.66. The summed E-state index contributed by atoms with van der Waals surface area (Å²) in [4.78, 5) is 10.0. The van der Waals surface area contributed by atoms with Crippen LogP contribution in [0.2, 0.25) is 0 Å². The molecule has 0 rings (SSSR count). The summed E-state index contributed by atoms with van der Waals surface area (Å²) in [5.74, 6) is -0.567. The molecule has 0 atom stereocenters. The van der Waals surface area contributed by atoms with Gasteiger partial charge in [-0.2, -0.15) is 0 Å². The number of carbonyl (C=O) groups is 1. The second-order valence-corrected chi connectivity index (χ2v) is 1.71. The number of aliphatic carboxylic acids is 1. The van der Waals surface area contributed by atoms with Gasteiger partial charge in [0.1, 0.15) is 5.92 Å². The first-order chi connectivity index (χ1) is 3.55. The van der Waals surface area contributed by atoms with Gasteiger partial charge in [0.2, 0.25) is 0 Å². The first-order valence-corrected chi connectivity index (χ1v) is 2.28. The van der Waals surface area contributed by atoms with Gasteiger partial charge in [0.25, 0.3) is 0 Å². The lowest BCUT2D eigenvalue weighted by Gasteiger charge is -2.00. The Morgan fingerprint density at radius 3 is 1.88 bits per heavy atom. The molecule has 0 heterocycles. The quantitative estimate of drug-likeness (QED) is 0.585. The molecule has 45 valence electrons. The molecule has 0 spiro atoms. The van der Waals surface area contributed by atoms with Crippen molar-refractivity contribution in [3.05, 3.63) is 18.1 Å². The molecule has 0 aliphatic carbocycles. The Morgan fingerprint density at radius 2 is 1.88 bits per heavy atom. The minimum absolute atomic E-state index is 0.324. The van der Waals surface area contributed by atoms with Gasteiger partial charge in [-0.1, -0.05) is 12.2 Å². The summed E-state index contributed by atoms with van der Waals surface area (Å²) >= 11 is 0. The molecule has 0 aromatic carbocycles. The fraction of sp³-hybridized carbons (Fsp3) is 0.333. The minimum atomic E-state index is -0.891. The van der Waals surface area contributed by atoms with E-state index in [2.05, 4.69) is 6.58 Å². The highest BCUT2D eigenvalue weighted by Crippen LogP contribution is 2.07. The average molecular weight is 113 g/mol. The van der Waals surface area contributed by atoms with E-state index in [1.807, 2.05) is 0 Å². The second kappa shape index (κ2) is 2.50. The van der Waals surface area contributed by atoms with Crippen LogP contribution in [0, 0.1) is 5.92 Å². The Labute approximate surface area is 48.8 Å². The Bertz CT molecular complexity index is 102. The van der Waals surface area contributed by atoms with Crippen LogP contribution < -0.4 is 0 Å². The maximum atomic E-state index is 10.0. The third-order valence-electron chi connectivity index (χ3n) is 0.961. The van der Waals surface area contributed by atoms with Gasteiger partial charge >= 0.3 is 5.97 Å². The molecule has 0 saturated carbocycles. The zero-order valence-corrected chi connectivity index (χ0v) is 5.06. The number of hydrogen-bond donors (Lipinski definition) is 1. The third kappa shape index (κ3) is 1.78. The molecule has 0 fully saturated rings. The van der Waals surface area contributed by atoms with Gasteiger partial charge in [0, 0.05) is 0 Å². The van der Waals surface area contributed by atoms with Crippen LogP contribution in [0.1, 0.15) is 13.8 Å². The van der Waals surface area contributed by atoms with Crippen molar-refractivity contribution < 1.29 is 9.90 Å². The Kier molecular flexibility index (Phi) is 2.25. The summed E-state index contributed by atoms with van der Waals surface area (Å²) in [6.07, 6.45) is 0. The SMILES string of the molecule is C=C(C)[C](C)C(=O)O. The van der Waals surface area contributed by atoms with Crippen LogP contribution in [0.3, 0.4) is 0 Å². The standard InChI is InChI=1S/C6H9O2/c1-4(2)5(3)6(7)8/h1H2,2-3H3,(H,7,8). The molecular weight excluding hydrogens is 104 g/mol. The van der Waals surface area contributed by atoms with Gasteiger partial charge in [-0.3, -0.25) is 4.79 Å². The van der Waals surface area contributed by atoms with Crippen molar-refractivity contribution in [3.8, 4) is 0 Å². The van der Waals surface area contributed by atoms with Crippen molar-refractivity contribution in [2.75, 3.05) is 0 Å². The molecule has 0 aromatic heterocycles. The van der Waals surface area contributed by atoms with E-state index in [1.54, 1.807) is 6.92 Å². The lowest BCUT2D eigenvalue weighted by atomic mass is 10.1. The van der Waals surface area contributed by atoms with Crippen LogP contribution >= 0.6 is 0 Å². The zero-order valence-electron chi connectivity index (χ0n) is 5.06.